The average Bonchev–Trinajstić information content (AvgIpc) is 3.27. The normalized spacial score (nSPS) is 11.2. The second-order valence-electron chi connectivity index (χ2n) is 9.75. The van der Waals surface area contributed by atoms with E-state index in [-0.39, 0.29) is 17.5 Å². The summed E-state index contributed by atoms with van der Waals surface area (Å²) in [7, 11) is 4.67. The molecule has 1 amide bonds. The molecule has 0 aliphatic carbocycles. The lowest BCUT2D eigenvalue weighted by molar-refractivity contribution is 0.0729. The zero-order valence-electron chi connectivity index (χ0n) is 23.0. The number of halogens is 1. The highest BCUT2D eigenvalue weighted by Gasteiger charge is 2.25. The standard InChI is InChI=1S/C30H35ClN4O4/c1-19(2)14-15-34(30(36)22-11-13-26(38-4)29(39-5)28(22)31)18-27-33-23-8-6-7-9-24(23)35(27)17-20-16-21(32)10-12-25(20)37-3/h6-13,16,19H,14-15,17-18,32H2,1-5H3. The van der Waals surface area contributed by atoms with E-state index in [0.29, 0.717) is 41.8 Å². The van der Waals surface area contributed by atoms with Crippen LogP contribution in [0.15, 0.2) is 54.6 Å². The van der Waals surface area contributed by atoms with Gasteiger partial charge in [-0.25, -0.2) is 4.98 Å². The first-order valence-electron chi connectivity index (χ1n) is 12.8. The number of hydrogen-bond acceptors (Lipinski definition) is 6. The van der Waals surface area contributed by atoms with E-state index < -0.39 is 0 Å². The molecule has 0 unspecified atom stereocenters. The van der Waals surface area contributed by atoms with Crippen molar-refractivity contribution < 1.29 is 19.0 Å². The molecule has 0 saturated carbocycles. The Bertz CT molecular complexity index is 1470. The Kier molecular flexibility index (Phi) is 8.86. The minimum Gasteiger partial charge on any atom is -0.496 e. The number of carbonyl (C=O) groups is 1. The van der Waals surface area contributed by atoms with Crippen molar-refractivity contribution in [2.24, 2.45) is 5.92 Å². The molecule has 4 rings (SSSR count). The Hall–Kier alpha value is -3.91. The third-order valence-electron chi connectivity index (χ3n) is 6.68. The Balaban J connectivity index is 1.77. The fourth-order valence-corrected chi connectivity index (χ4v) is 4.89. The number of aromatic nitrogens is 2. The van der Waals surface area contributed by atoms with Crippen molar-refractivity contribution >= 4 is 34.2 Å². The maximum Gasteiger partial charge on any atom is 0.255 e. The molecule has 1 aromatic heterocycles. The molecule has 3 aromatic carbocycles. The van der Waals surface area contributed by atoms with Gasteiger partial charge in [-0.15, -0.1) is 0 Å². The van der Waals surface area contributed by atoms with Crippen molar-refractivity contribution in [3.05, 3.63) is 76.6 Å². The number of anilines is 1. The van der Waals surface area contributed by atoms with Crippen molar-refractivity contribution in [1.82, 2.24) is 14.5 Å². The lowest BCUT2D eigenvalue weighted by Crippen LogP contribution is -2.33. The number of nitrogens with zero attached hydrogens (tertiary/aromatic N) is 3. The third-order valence-corrected chi connectivity index (χ3v) is 7.05. The summed E-state index contributed by atoms with van der Waals surface area (Å²) in [6.45, 7) is 5.57. The van der Waals surface area contributed by atoms with E-state index in [1.165, 1.54) is 14.2 Å². The van der Waals surface area contributed by atoms with Crippen LogP contribution in [0.1, 0.15) is 42.0 Å². The van der Waals surface area contributed by atoms with Crippen molar-refractivity contribution in [3.63, 3.8) is 0 Å². The van der Waals surface area contributed by atoms with E-state index in [9.17, 15) is 4.79 Å². The van der Waals surface area contributed by atoms with Crippen LogP contribution in [0.2, 0.25) is 5.02 Å². The van der Waals surface area contributed by atoms with E-state index >= 15 is 0 Å². The summed E-state index contributed by atoms with van der Waals surface area (Å²) >= 11 is 6.65. The summed E-state index contributed by atoms with van der Waals surface area (Å²) in [6.07, 6.45) is 0.819. The topological polar surface area (TPSA) is 91.8 Å². The van der Waals surface area contributed by atoms with Gasteiger partial charge in [0, 0.05) is 17.8 Å². The minimum absolute atomic E-state index is 0.207. The number of nitrogen functional groups attached to an aromatic ring is 1. The van der Waals surface area contributed by atoms with Crippen LogP contribution in [0.3, 0.4) is 0 Å². The summed E-state index contributed by atoms with van der Waals surface area (Å²) in [5, 5.41) is 0.217. The van der Waals surface area contributed by atoms with E-state index in [0.717, 1.165) is 34.6 Å². The molecule has 0 saturated heterocycles. The Morgan fingerprint density at radius 3 is 2.44 bits per heavy atom. The van der Waals surface area contributed by atoms with E-state index in [2.05, 4.69) is 18.4 Å². The zero-order chi connectivity index (χ0) is 28.1. The lowest BCUT2D eigenvalue weighted by Gasteiger charge is -2.25. The molecule has 8 nitrogen and oxygen atoms in total. The Morgan fingerprint density at radius 1 is 1.03 bits per heavy atom. The fraction of sp³-hybridized carbons (Fsp3) is 0.333. The van der Waals surface area contributed by atoms with Crippen molar-refractivity contribution in [1.29, 1.82) is 0 Å². The van der Waals surface area contributed by atoms with Crippen LogP contribution in [0.25, 0.3) is 11.0 Å². The van der Waals surface area contributed by atoms with Gasteiger partial charge in [0.2, 0.25) is 0 Å². The number of nitrogens with two attached hydrogens (primary N) is 1. The highest BCUT2D eigenvalue weighted by atomic mass is 35.5. The maximum absolute atomic E-state index is 14.0. The molecule has 0 fully saturated rings. The van der Waals surface area contributed by atoms with Gasteiger partial charge in [-0.3, -0.25) is 4.79 Å². The average molecular weight is 551 g/mol. The van der Waals surface area contributed by atoms with Gasteiger partial charge in [-0.2, -0.15) is 0 Å². The molecule has 206 valence electrons. The molecule has 1 heterocycles. The highest BCUT2D eigenvalue weighted by molar-refractivity contribution is 6.35. The molecule has 4 aromatic rings. The molecule has 39 heavy (non-hydrogen) atoms. The number of carbonyl (C=O) groups excluding carboxylic acids is 1. The van der Waals surface area contributed by atoms with E-state index in [4.69, 9.17) is 36.5 Å². The van der Waals surface area contributed by atoms with Gasteiger partial charge in [-0.05, 0) is 54.8 Å². The number of fused-ring (bicyclic) bond motifs is 1. The fourth-order valence-electron chi connectivity index (χ4n) is 4.58. The highest BCUT2D eigenvalue weighted by Crippen LogP contribution is 2.38. The van der Waals surface area contributed by atoms with Gasteiger partial charge in [0.05, 0.1) is 56.0 Å². The number of imidazole rings is 1. The number of methoxy groups -OCH3 is 3. The molecular weight excluding hydrogens is 516 g/mol. The quantitative estimate of drug-likeness (QED) is 0.229. The van der Waals surface area contributed by atoms with Gasteiger partial charge >= 0.3 is 0 Å². The van der Waals surface area contributed by atoms with Crippen LogP contribution in [-0.4, -0.2) is 48.2 Å². The lowest BCUT2D eigenvalue weighted by atomic mass is 10.1. The molecular formula is C30H35ClN4O4. The van der Waals surface area contributed by atoms with Gasteiger partial charge in [0.1, 0.15) is 11.6 Å². The third kappa shape index (κ3) is 6.06. The van der Waals surface area contributed by atoms with Crippen LogP contribution >= 0.6 is 11.6 Å². The summed E-state index contributed by atoms with van der Waals surface area (Å²) in [5.41, 5.74) is 9.82. The molecule has 9 heteroatoms. The summed E-state index contributed by atoms with van der Waals surface area (Å²) in [4.78, 5) is 20.7. The second kappa shape index (κ2) is 12.3. The first-order chi connectivity index (χ1) is 18.8. The molecule has 0 spiro atoms. The van der Waals surface area contributed by atoms with Crippen LogP contribution < -0.4 is 19.9 Å². The number of benzene rings is 3. The predicted molar refractivity (Wildman–Crippen MR) is 155 cm³/mol. The van der Waals surface area contributed by atoms with Crippen LogP contribution in [0, 0.1) is 5.92 Å². The summed E-state index contributed by atoms with van der Waals surface area (Å²) in [6, 6.07) is 16.9. The molecule has 0 aliphatic rings. The van der Waals surface area contributed by atoms with Gasteiger partial charge < -0.3 is 29.4 Å². The van der Waals surface area contributed by atoms with E-state index in [1.807, 2.05) is 42.5 Å². The van der Waals surface area contributed by atoms with Gasteiger partial charge in [0.25, 0.3) is 5.91 Å². The van der Waals surface area contributed by atoms with E-state index in [1.54, 1.807) is 24.1 Å². The van der Waals surface area contributed by atoms with Crippen molar-refractivity contribution in [3.8, 4) is 17.2 Å². The van der Waals surface area contributed by atoms with Gasteiger partial charge in [-0.1, -0.05) is 37.6 Å². The Morgan fingerprint density at radius 2 is 1.74 bits per heavy atom. The first kappa shape index (κ1) is 28.1. The molecule has 0 radical (unpaired) electrons. The monoisotopic (exact) mass is 550 g/mol. The number of ether oxygens (including phenoxy) is 3. The first-order valence-corrected chi connectivity index (χ1v) is 13.2. The minimum atomic E-state index is -0.207. The SMILES string of the molecule is COc1ccc(N)cc1Cn1c(CN(CCC(C)C)C(=O)c2ccc(OC)c(OC)c2Cl)nc2ccccc21. The Labute approximate surface area is 234 Å². The van der Waals surface area contributed by atoms with Gasteiger partial charge in [0.15, 0.2) is 11.5 Å². The van der Waals surface area contributed by atoms with Crippen molar-refractivity contribution in [2.75, 3.05) is 33.6 Å². The molecule has 0 atom stereocenters. The molecule has 0 bridgehead atoms. The number of hydrogen-bond donors (Lipinski definition) is 1. The summed E-state index contributed by atoms with van der Waals surface area (Å²) in [5.74, 6) is 2.46. The second-order valence-corrected chi connectivity index (χ2v) is 10.1. The van der Waals surface area contributed by atoms with Crippen molar-refractivity contribution in [2.45, 2.75) is 33.4 Å². The van der Waals surface area contributed by atoms with Crippen LogP contribution in [0.4, 0.5) is 5.69 Å². The molecule has 0 aliphatic heterocycles. The largest absolute Gasteiger partial charge is 0.496 e. The smallest absolute Gasteiger partial charge is 0.255 e. The van der Waals surface area contributed by atoms with Crippen LogP contribution in [-0.2, 0) is 13.1 Å². The molecule has 2 N–H and O–H groups in total. The predicted octanol–water partition coefficient (Wildman–Crippen LogP) is 6.03. The number of rotatable bonds is 11. The summed E-state index contributed by atoms with van der Waals surface area (Å²) < 4.78 is 18.5. The number of para-hydroxylation sites is 2. The maximum atomic E-state index is 14.0. The zero-order valence-corrected chi connectivity index (χ0v) is 23.8. The van der Waals surface area contributed by atoms with Crippen LogP contribution in [0.5, 0.6) is 17.2 Å². The number of amides is 1.